The van der Waals surface area contributed by atoms with E-state index in [1.54, 1.807) is 21.5 Å². The fourth-order valence-corrected chi connectivity index (χ4v) is 12.3. The van der Waals surface area contributed by atoms with Crippen molar-refractivity contribution >= 4 is 54.7 Å². The van der Waals surface area contributed by atoms with Crippen molar-refractivity contribution < 1.29 is 67.1 Å². The molecule has 12 heteroatoms. The summed E-state index contributed by atoms with van der Waals surface area (Å²) in [6.45, 7) is 1.76. The third-order valence-corrected chi connectivity index (χ3v) is 15.8. The van der Waals surface area contributed by atoms with E-state index in [1.165, 1.54) is 61.8 Å². The molecule has 0 spiro atoms. The van der Waals surface area contributed by atoms with Gasteiger partial charge in [-0.25, -0.2) is 0 Å². The molecule has 0 aromatic heterocycles. The molecular weight excluding hydrogens is 1000 g/mol. The molecule has 8 aromatic rings. The summed E-state index contributed by atoms with van der Waals surface area (Å²) in [6, 6.07) is 52.6. The van der Waals surface area contributed by atoms with Gasteiger partial charge >= 0.3 is 417 Å². The van der Waals surface area contributed by atoms with Crippen molar-refractivity contribution in [3.05, 3.63) is 282 Å². The molecule has 0 saturated heterocycles. The third kappa shape index (κ3) is 9.58. The zero-order chi connectivity index (χ0) is 49.9. The summed E-state index contributed by atoms with van der Waals surface area (Å²) in [6.07, 6.45) is 10.3. The van der Waals surface area contributed by atoms with Crippen molar-refractivity contribution in [3.63, 3.8) is 0 Å². The zero-order valence-corrected chi connectivity index (χ0v) is 39.8. The Morgan fingerprint density at radius 2 is 0.986 bits per heavy atom. The minimum atomic E-state index is -2.39. The Hall–Kier alpha value is -7.16. The second-order valence-electron chi connectivity index (χ2n) is 16.5. The van der Waals surface area contributed by atoms with E-state index in [0.29, 0.717) is 17.7 Å². The molecule has 0 heterocycles. The predicted molar refractivity (Wildman–Crippen MR) is 260 cm³/mol. The van der Waals surface area contributed by atoms with Gasteiger partial charge < -0.3 is 0 Å². The standard InChI is InChI=1S/C28H21.C26H9BF10.C5H5.Zr/c1-5-13-23(14-6-1)21-27(25-17-9-3-10-18-25)28(26-19-11-4-12-20-26)22-24-15-7-2-8-16-24;1-8-12(14-17(28)21(32)25(36)22(33)18(14)29)11-7-6-9-4-2-3-5-10(9)13(11)15(8)27-16-19(30)23(34)26(37)24(35)20(16)31;1-2-4-5-3-1;/h1-21H;2-7H,1H3;1-3H,4H2;. The monoisotopic (exact) mass is 1030 g/mol. The first-order valence-corrected chi connectivity index (χ1v) is 24.6. The van der Waals surface area contributed by atoms with Crippen LogP contribution in [0.5, 0.6) is 0 Å². The number of hydrogen-bond acceptors (Lipinski definition) is 0. The second kappa shape index (κ2) is 21.1. The van der Waals surface area contributed by atoms with Gasteiger partial charge in [0.05, 0.1) is 0 Å². The van der Waals surface area contributed by atoms with Gasteiger partial charge in [-0.05, 0) is 0 Å². The van der Waals surface area contributed by atoms with Crippen LogP contribution in [0, 0.1) is 58.2 Å². The van der Waals surface area contributed by atoms with Crippen molar-refractivity contribution in [1.29, 1.82) is 0 Å². The van der Waals surface area contributed by atoms with Gasteiger partial charge in [0, 0.05) is 0 Å². The Labute approximate surface area is 414 Å². The van der Waals surface area contributed by atoms with Gasteiger partial charge in [-0.15, -0.1) is 0 Å². The van der Waals surface area contributed by atoms with Gasteiger partial charge in [-0.2, -0.15) is 0 Å². The van der Waals surface area contributed by atoms with E-state index in [-0.39, 0.29) is 22.2 Å². The summed E-state index contributed by atoms with van der Waals surface area (Å²) >= 11 is -1.05. The second-order valence-corrected chi connectivity index (χ2v) is 19.9. The molecule has 0 saturated carbocycles. The van der Waals surface area contributed by atoms with Crippen LogP contribution in [0.1, 0.15) is 52.3 Å². The summed E-state index contributed by atoms with van der Waals surface area (Å²) < 4.78 is 145. The average Bonchev–Trinajstić information content (AvgIpc) is 4.03. The molecule has 0 amide bonds. The molecule has 0 nitrogen and oxygen atoms in total. The van der Waals surface area contributed by atoms with Crippen LogP contribution >= 0.6 is 0 Å². The van der Waals surface area contributed by atoms with Gasteiger partial charge in [0.15, 0.2) is 0 Å². The third-order valence-electron chi connectivity index (χ3n) is 12.1. The van der Waals surface area contributed by atoms with Crippen molar-refractivity contribution in [2.24, 2.45) is 0 Å². The van der Waals surface area contributed by atoms with Gasteiger partial charge in [0.1, 0.15) is 0 Å². The molecular formula is C59H35BF10Zr. The van der Waals surface area contributed by atoms with E-state index < -0.39 is 98.0 Å². The van der Waals surface area contributed by atoms with Gasteiger partial charge in [-0.1, -0.05) is 0 Å². The molecule has 2 aliphatic carbocycles. The average molecular weight is 1040 g/mol. The SMILES string of the molecule is C1=CC[C]([Zr][C](=C(C(=Cc2ccccc2)c2ccccc2)c2ccccc2)c2ccccc2)=C1.CC1=C(c2c(F)c(F)c(F)c(F)c2F)c2ccc3ccccc3c2C1=Bc1c(F)c(F)c(F)c(F)c1F. The summed E-state index contributed by atoms with van der Waals surface area (Å²) in [5, 5.41) is 0.837. The van der Waals surface area contributed by atoms with Crippen LogP contribution in [-0.4, -0.2) is 12.4 Å². The molecule has 8 aromatic carbocycles. The maximum atomic E-state index is 14.8. The molecule has 2 aliphatic rings. The molecule has 0 aliphatic heterocycles. The molecule has 348 valence electrons. The Kier molecular flexibility index (Phi) is 14.5. The van der Waals surface area contributed by atoms with E-state index in [4.69, 9.17) is 0 Å². The molecule has 0 atom stereocenters. The molecule has 0 radical (unpaired) electrons. The number of hydrogen-bond donors (Lipinski definition) is 0. The normalized spacial score (nSPS) is 14.0. The van der Waals surface area contributed by atoms with E-state index in [1.807, 2.05) is 0 Å². The van der Waals surface area contributed by atoms with Crippen molar-refractivity contribution in [2.75, 3.05) is 0 Å². The fourth-order valence-electron chi connectivity index (χ4n) is 8.77. The number of fused-ring (bicyclic) bond motifs is 3. The van der Waals surface area contributed by atoms with E-state index in [2.05, 4.69) is 146 Å². The molecule has 0 N–H and O–H groups in total. The van der Waals surface area contributed by atoms with Crippen molar-refractivity contribution in [2.45, 2.75) is 13.3 Å². The predicted octanol–water partition coefficient (Wildman–Crippen LogP) is 15.3. The van der Waals surface area contributed by atoms with Gasteiger partial charge in [-0.3, -0.25) is 0 Å². The molecule has 71 heavy (non-hydrogen) atoms. The van der Waals surface area contributed by atoms with Crippen LogP contribution in [-0.2, 0) is 23.2 Å². The van der Waals surface area contributed by atoms with Crippen LogP contribution in [0.2, 0.25) is 0 Å². The number of halogens is 10. The quantitative estimate of drug-likeness (QED) is 0.0338. The number of benzene rings is 8. The fraction of sp³-hybridized carbons (Fsp3) is 0.0339. The number of rotatable bonds is 9. The Morgan fingerprint density at radius 1 is 0.493 bits per heavy atom. The van der Waals surface area contributed by atoms with E-state index >= 15 is 0 Å². The molecule has 0 bridgehead atoms. The first-order chi connectivity index (χ1) is 34.3. The van der Waals surface area contributed by atoms with Crippen LogP contribution in [0.15, 0.2) is 185 Å². The van der Waals surface area contributed by atoms with Crippen LogP contribution < -0.4 is 5.46 Å². The summed E-state index contributed by atoms with van der Waals surface area (Å²) in [5.41, 5.74) is 4.09. The topological polar surface area (TPSA) is 0 Å². The van der Waals surface area contributed by atoms with Gasteiger partial charge in [0.2, 0.25) is 0 Å². The zero-order valence-electron chi connectivity index (χ0n) is 37.4. The first kappa shape index (κ1) is 48.8. The Bertz CT molecular complexity index is 3510. The van der Waals surface area contributed by atoms with Gasteiger partial charge in [0.25, 0.3) is 0 Å². The molecule has 0 unspecified atom stereocenters. The summed E-state index contributed by atoms with van der Waals surface area (Å²) in [7, 11) is 0. The maximum absolute atomic E-state index is 14.8. The molecule has 0 fully saturated rings. The van der Waals surface area contributed by atoms with E-state index in [0.717, 1.165) is 6.42 Å². The first-order valence-electron chi connectivity index (χ1n) is 22.1. The minimum absolute atomic E-state index is 0.0403. The Morgan fingerprint density at radius 3 is 1.55 bits per heavy atom. The van der Waals surface area contributed by atoms with Crippen LogP contribution in [0.25, 0.3) is 36.8 Å². The summed E-state index contributed by atoms with van der Waals surface area (Å²) in [4.78, 5) is 0. The van der Waals surface area contributed by atoms with Crippen LogP contribution in [0.4, 0.5) is 43.9 Å². The summed E-state index contributed by atoms with van der Waals surface area (Å²) in [5.74, 6) is -22.3. The number of allylic oxidation sites excluding steroid dienone is 7. The van der Waals surface area contributed by atoms with E-state index in [9.17, 15) is 43.9 Å². The van der Waals surface area contributed by atoms with Crippen molar-refractivity contribution in [1.82, 2.24) is 0 Å². The van der Waals surface area contributed by atoms with Crippen LogP contribution in [0.3, 0.4) is 0 Å². The Balaban J connectivity index is 0.000000176. The molecule has 10 rings (SSSR count). The van der Waals surface area contributed by atoms with Crippen molar-refractivity contribution in [3.8, 4) is 0 Å².